The van der Waals surface area contributed by atoms with Crippen LogP contribution in [0.4, 0.5) is 15.8 Å². The second-order valence-corrected chi connectivity index (χ2v) is 8.21. The molecule has 0 bridgehead atoms. The lowest BCUT2D eigenvalue weighted by Crippen LogP contribution is -2.15. The Labute approximate surface area is 174 Å². The van der Waals surface area contributed by atoms with Crippen molar-refractivity contribution in [3.05, 3.63) is 83.7 Å². The lowest BCUT2D eigenvalue weighted by molar-refractivity contribution is 0.102. The van der Waals surface area contributed by atoms with Gasteiger partial charge in [-0.25, -0.2) is 12.8 Å². The number of carbonyl (C=O) groups is 1. The normalized spacial score (nSPS) is 11.0. The van der Waals surface area contributed by atoms with Gasteiger partial charge in [-0.2, -0.15) is 0 Å². The van der Waals surface area contributed by atoms with Crippen molar-refractivity contribution >= 4 is 27.3 Å². The molecule has 1 amide bonds. The van der Waals surface area contributed by atoms with Crippen LogP contribution in [0.15, 0.2) is 71.6 Å². The number of hydrogen-bond donors (Lipinski definition) is 2. The first kappa shape index (κ1) is 21.3. The van der Waals surface area contributed by atoms with Crippen LogP contribution >= 0.6 is 0 Å². The summed E-state index contributed by atoms with van der Waals surface area (Å²) in [5.74, 6) is -0.441. The zero-order valence-electron chi connectivity index (χ0n) is 16.5. The first-order valence-corrected chi connectivity index (χ1v) is 10.7. The summed E-state index contributed by atoms with van der Waals surface area (Å²) < 4.78 is 46.8. The first-order chi connectivity index (χ1) is 14.3. The predicted molar refractivity (Wildman–Crippen MR) is 114 cm³/mol. The molecule has 3 aromatic rings. The molecule has 0 fully saturated rings. The van der Waals surface area contributed by atoms with Crippen LogP contribution < -0.4 is 14.8 Å². The van der Waals surface area contributed by atoms with E-state index in [-0.39, 0.29) is 16.1 Å². The van der Waals surface area contributed by atoms with Gasteiger partial charge in [-0.15, -0.1) is 0 Å². The van der Waals surface area contributed by atoms with Crippen molar-refractivity contribution < 1.29 is 22.3 Å². The standard InChI is InChI=1S/C22H21FN2O4S/c1-3-29-18-9-7-17(8-10-18)25-30(27,28)19-11-5-16(6-12-19)22(26)24-21-13-4-15(2)14-20(21)23/h4-14,25H,3H2,1-2H3,(H,24,26). The third-order valence-corrected chi connectivity index (χ3v) is 5.61. The van der Waals surface area contributed by atoms with Gasteiger partial charge in [0.05, 0.1) is 17.2 Å². The minimum Gasteiger partial charge on any atom is -0.494 e. The fourth-order valence-corrected chi connectivity index (χ4v) is 3.76. The van der Waals surface area contributed by atoms with Crippen molar-refractivity contribution in [2.45, 2.75) is 18.7 Å². The predicted octanol–water partition coefficient (Wildman–Crippen LogP) is 4.59. The molecule has 0 aliphatic heterocycles. The number of amides is 1. The third-order valence-electron chi connectivity index (χ3n) is 4.22. The molecule has 0 spiro atoms. The number of hydrogen-bond acceptors (Lipinski definition) is 4. The number of ether oxygens (including phenoxy) is 1. The topological polar surface area (TPSA) is 84.5 Å². The minimum atomic E-state index is -3.83. The number of aryl methyl sites for hydroxylation is 1. The molecule has 0 radical (unpaired) electrons. The molecule has 3 rings (SSSR count). The summed E-state index contributed by atoms with van der Waals surface area (Å²) in [4.78, 5) is 12.3. The van der Waals surface area contributed by atoms with E-state index in [0.29, 0.717) is 18.0 Å². The summed E-state index contributed by atoms with van der Waals surface area (Å²) in [6.45, 7) is 4.12. The molecule has 0 atom stereocenters. The van der Waals surface area contributed by atoms with Crippen LogP contribution in [0.3, 0.4) is 0 Å². The van der Waals surface area contributed by atoms with E-state index in [1.807, 2.05) is 6.92 Å². The van der Waals surface area contributed by atoms with Crippen LogP contribution in [0, 0.1) is 12.7 Å². The Balaban J connectivity index is 1.71. The molecule has 0 unspecified atom stereocenters. The second kappa shape index (κ2) is 8.96. The second-order valence-electron chi connectivity index (χ2n) is 6.52. The van der Waals surface area contributed by atoms with Crippen LogP contribution in [0.25, 0.3) is 0 Å². The largest absolute Gasteiger partial charge is 0.494 e. The number of anilines is 2. The molecule has 6 nitrogen and oxygen atoms in total. The lowest BCUT2D eigenvalue weighted by atomic mass is 10.2. The van der Waals surface area contributed by atoms with E-state index in [9.17, 15) is 17.6 Å². The number of sulfonamides is 1. The third kappa shape index (κ3) is 5.15. The maximum absolute atomic E-state index is 13.9. The Kier molecular flexibility index (Phi) is 6.37. The van der Waals surface area contributed by atoms with Crippen LogP contribution in [-0.4, -0.2) is 20.9 Å². The van der Waals surface area contributed by atoms with Crippen molar-refractivity contribution in [3.63, 3.8) is 0 Å². The van der Waals surface area contributed by atoms with Gasteiger partial charge in [-0.1, -0.05) is 6.07 Å². The fraction of sp³-hybridized carbons (Fsp3) is 0.136. The van der Waals surface area contributed by atoms with Gasteiger partial charge in [0.25, 0.3) is 15.9 Å². The van der Waals surface area contributed by atoms with Gasteiger partial charge in [-0.3, -0.25) is 9.52 Å². The summed E-state index contributed by atoms with van der Waals surface area (Å²) in [6.07, 6.45) is 0. The monoisotopic (exact) mass is 428 g/mol. The van der Waals surface area contributed by atoms with Gasteiger partial charge >= 0.3 is 0 Å². The Morgan fingerprint density at radius 1 is 1.00 bits per heavy atom. The average molecular weight is 428 g/mol. The van der Waals surface area contributed by atoms with Gasteiger partial charge in [0.15, 0.2) is 0 Å². The minimum absolute atomic E-state index is 0.00514. The van der Waals surface area contributed by atoms with Gasteiger partial charge in [-0.05, 0) is 80.1 Å². The van der Waals surface area contributed by atoms with Crippen LogP contribution in [0.2, 0.25) is 0 Å². The SMILES string of the molecule is CCOc1ccc(NS(=O)(=O)c2ccc(C(=O)Nc3ccc(C)cc3F)cc2)cc1. The summed E-state index contributed by atoms with van der Waals surface area (Å²) in [7, 11) is -3.83. The van der Waals surface area contributed by atoms with Gasteiger partial charge in [0, 0.05) is 11.3 Å². The molecule has 0 saturated carbocycles. The highest BCUT2D eigenvalue weighted by molar-refractivity contribution is 7.92. The zero-order chi connectivity index (χ0) is 21.7. The number of carbonyl (C=O) groups excluding carboxylic acids is 1. The van der Waals surface area contributed by atoms with Crippen molar-refractivity contribution in [1.29, 1.82) is 0 Å². The molecular formula is C22H21FN2O4S. The highest BCUT2D eigenvalue weighted by Crippen LogP contribution is 2.21. The van der Waals surface area contributed by atoms with Crippen molar-refractivity contribution in [2.24, 2.45) is 0 Å². The van der Waals surface area contributed by atoms with Crippen molar-refractivity contribution in [3.8, 4) is 5.75 Å². The smallest absolute Gasteiger partial charge is 0.261 e. The van der Waals surface area contributed by atoms with E-state index in [4.69, 9.17) is 4.74 Å². The van der Waals surface area contributed by atoms with Crippen molar-refractivity contribution in [1.82, 2.24) is 0 Å². The molecule has 0 saturated heterocycles. The first-order valence-electron chi connectivity index (χ1n) is 9.22. The van der Waals surface area contributed by atoms with Crippen LogP contribution in [-0.2, 0) is 10.0 Å². The number of rotatable bonds is 7. The van der Waals surface area contributed by atoms with E-state index in [2.05, 4.69) is 10.0 Å². The highest BCUT2D eigenvalue weighted by Gasteiger charge is 2.16. The highest BCUT2D eigenvalue weighted by atomic mass is 32.2. The molecule has 8 heteroatoms. The Morgan fingerprint density at radius 3 is 2.27 bits per heavy atom. The van der Waals surface area contributed by atoms with Crippen LogP contribution in [0.1, 0.15) is 22.8 Å². The van der Waals surface area contributed by atoms with E-state index in [1.54, 1.807) is 37.3 Å². The lowest BCUT2D eigenvalue weighted by Gasteiger charge is -2.10. The van der Waals surface area contributed by atoms with Gasteiger partial charge < -0.3 is 10.1 Å². The maximum Gasteiger partial charge on any atom is 0.261 e. The maximum atomic E-state index is 13.9. The van der Waals surface area contributed by atoms with E-state index >= 15 is 0 Å². The summed E-state index contributed by atoms with van der Waals surface area (Å²) in [5, 5.41) is 2.48. The molecule has 156 valence electrons. The van der Waals surface area contributed by atoms with Gasteiger partial charge in [0.1, 0.15) is 11.6 Å². The Bertz CT molecular complexity index is 1140. The summed E-state index contributed by atoms with van der Waals surface area (Å²) in [5.41, 5.74) is 1.38. The Morgan fingerprint density at radius 2 is 1.67 bits per heavy atom. The zero-order valence-corrected chi connectivity index (χ0v) is 17.3. The molecule has 30 heavy (non-hydrogen) atoms. The van der Waals surface area contributed by atoms with E-state index < -0.39 is 21.7 Å². The molecular weight excluding hydrogens is 407 g/mol. The van der Waals surface area contributed by atoms with Crippen LogP contribution in [0.5, 0.6) is 5.75 Å². The average Bonchev–Trinajstić information content (AvgIpc) is 2.71. The number of benzene rings is 3. The fourth-order valence-electron chi connectivity index (χ4n) is 2.70. The van der Waals surface area contributed by atoms with E-state index in [0.717, 1.165) is 5.56 Å². The molecule has 2 N–H and O–H groups in total. The number of halogens is 1. The Hall–Kier alpha value is -3.39. The molecule has 0 heterocycles. The quantitative estimate of drug-likeness (QED) is 0.577. The van der Waals surface area contributed by atoms with Gasteiger partial charge in [0.2, 0.25) is 0 Å². The summed E-state index contributed by atoms with van der Waals surface area (Å²) in [6, 6.07) is 16.4. The molecule has 0 aromatic heterocycles. The number of nitrogens with one attached hydrogen (secondary N) is 2. The summed E-state index contributed by atoms with van der Waals surface area (Å²) >= 11 is 0. The van der Waals surface area contributed by atoms with E-state index in [1.165, 1.54) is 36.4 Å². The molecule has 0 aliphatic carbocycles. The van der Waals surface area contributed by atoms with Crippen molar-refractivity contribution in [2.75, 3.05) is 16.6 Å². The molecule has 3 aromatic carbocycles. The molecule has 0 aliphatic rings.